The summed E-state index contributed by atoms with van der Waals surface area (Å²) >= 11 is 0. The maximum atomic E-state index is 12.2. The molecule has 19 heavy (non-hydrogen) atoms. The number of fused-ring (bicyclic) bond motifs is 1. The van der Waals surface area contributed by atoms with Crippen LogP contribution < -0.4 is 5.32 Å². The van der Waals surface area contributed by atoms with Gasteiger partial charge in [-0.05, 0) is 30.9 Å². The van der Waals surface area contributed by atoms with Crippen LogP contribution >= 0.6 is 0 Å². The average Bonchev–Trinajstić information content (AvgIpc) is 2.85. The first-order chi connectivity index (χ1) is 9.24. The number of benzene rings is 1. The number of H-pyrrole nitrogens is 1. The first-order valence-electron chi connectivity index (χ1n) is 6.99. The summed E-state index contributed by atoms with van der Waals surface area (Å²) in [5, 5.41) is 3.11. The summed E-state index contributed by atoms with van der Waals surface area (Å²) in [6, 6.07) is 7.99. The fraction of sp³-hybridized carbons (Fsp3) is 0.467. The number of aromatic nitrogens is 2. The van der Waals surface area contributed by atoms with Crippen LogP contribution in [0.2, 0.25) is 0 Å². The van der Waals surface area contributed by atoms with E-state index in [0.29, 0.717) is 11.7 Å². The predicted molar refractivity (Wildman–Crippen MR) is 75.0 cm³/mol. The third-order valence-electron chi connectivity index (χ3n) is 4.03. The molecular weight excluding hydrogens is 238 g/mol. The van der Waals surface area contributed by atoms with Crippen molar-refractivity contribution in [1.29, 1.82) is 0 Å². The highest BCUT2D eigenvalue weighted by Gasteiger charge is 2.24. The van der Waals surface area contributed by atoms with Crippen molar-refractivity contribution < 1.29 is 4.79 Å². The van der Waals surface area contributed by atoms with Crippen molar-refractivity contribution in [3.63, 3.8) is 0 Å². The normalized spacial score (nSPS) is 23.4. The molecule has 1 amide bonds. The standard InChI is InChI=1S/C15H19N3O/c1-10-6-2-3-7-11(10)18-15(19)14-16-12-8-4-5-9-13(12)17-14/h4-5,8-11H,2-3,6-7H2,1H3,(H,16,17)(H,18,19)/t10-,11-/m0/s1. The first kappa shape index (κ1) is 12.2. The first-order valence-corrected chi connectivity index (χ1v) is 6.99. The molecule has 1 aliphatic rings. The van der Waals surface area contributed by atoms with Crippen LogP contribution in [-0.2, 0) is 0 Å². The van der Waals surface area contributed by atoms with Gasteiger partial charge in [0.25, 0.3) is 5.91 Å². The summed E-state index contributed by atoms with van der Waals surface area (Å²) in [5.74, 6) is 0.885. The van der Waals surface area contributed by atoms with Crippen molar-refractivity contribution >= 4 is 16.9 Å². The maximum absolute atomic E-state index is 12.2. The van der Waals surface area contributed by atoms with Crippen LogP contribution in [0.1, 0.15) is 43.2 Å². The van der Waals surface area contributed by atoms with Crippen molar-refractivity contribution in [3.05, 3.63) is 30.1 Å². The molecule has 1 saturated carbocycles. The molecule has 4 heteroatoms. The molecule has 1 heterocycles. The van der Waals surface area contributed by atoms with Gasteiger partial charge in [0.15, 0.2) is 5.82 Å². The molecule has 1 aromatic heterocycles. The molecule has 0 aliphatic heterocycles. The van der Waals surface area contributed by atoms with Crippen LogP contribution in [0.15, 0.2) is 24.3 Å². The topological polar surface area (TPSA) is 57.8 Å². The quantitative estimate of drug-likeness (QED) is 0.869. The molecule has 1 fully saturated rings. The van der Waals surface area contributed by atoms with Gasteiger partial charge in [-0.25, -0.2) is 4.98 Å². The third kappa shape index (κ3) is 2.48. The van der Waals surface area contributed by atoms with E-state index in [0.717, 1.165) is 17.5 Å². The molecule has 1 aromatic carbocycles. The van der Waals surface area contributed by atoms with Gasteiger partial charge in [-0.15, -0.1) is 0 Å². The minimum atomic E-state index is -0.0880. The number of hydrogen-bond donors (Lipinski definition) is 2. The van der Waals surface area contributed by atoms with Gasteiger partial charge in [0.1, 0.15) is 0 Å². The molecule has 2 N–H and O–H groups in total. The summed E-state index contributed by atoms with van der Waals surface area (Å²) in [5.41, 5.74) is 1.74. The molecule has 100 valence electrons. The van der Waals surface area contributed by atoms with Crippen molar-refractivity contribution in [2.24, 2.45) is 5.92 Å². The van der Waals surface area contributed by atoms with Crippen LogP contribution in [0.3, 0.4) is 0 Å². The molecule has 0 saturated heterocycles. The molecule has 4 nitrogen and oxygen atoms in total. The van der Waals surface area contributed by atoms with E-state index in [1.54, 1.807) is 0 Å². The van der Waals surface area contributed by atoms with Gasteiger partial charge in [-0.3, -0.25) is 4.79 Å². The number of carbonyl (C=O) groups is 1. The van der Waals surface area contributed by atoms with Gasteiger partial charge in [-0.1, -0.05) is 31.9 Å². The van der Waals surface area contributed by atoms with Crippen LogP contribution in [0, 0.1) is 5.92 Å². The highest BCUT2D eigenvalue weighted by atomic mass is 16.2. The smallest absolute Gasteiger partial charge is 0.287 e. The monoisotopic (exact) mass is 257 g/mol. The molecule has 3 rings (SSSR count). The lowest BCUT2D eigenvalue weighted by atomic mass is 9.86. The Kier molecular flexibility index (Phi) is 3.23. The fourth-order valence-corrected chi connectivity index (χ4v) is 2.83. The van der Waals surface area contributed by atoms with E-state index < -0.39 is 0 Å². The molecule has 0 unspecified atom stereocenters. The van der Waals surface area contributed by atoms with Crippen molar-refractivity contribution in [2.75, 3.05) is 0 Å². The predicted octanol–water partition coefficient (Wildman–Crippen LogP) is 2.87. The summed E-state index contributed by atoms with van der Waals surface area (Å²) < 4.78 is 0. The zero-order valence-corrected chi connectivity index (χ0v) is 11.1. The van der Waals surface area contributed by atoms with E-state index in [1.165, 1.54) is 19.3 Å². The minimum Gasteiger partial charge on any atom is -0.346 e. The lowest BCUT2D eigenvalue weighted by Gasteiger charge is -2.29. The Hall–Kier alpha value is -1.84. The van der Waals surface area contributed by atoms with Crippen LogP contribution in [0.25, 0.3) is 11.0 Å². The van der Waals surface area contributed by atoms with Gasteiger partial charge < -0.3 is 10.3 Å². The van der Waals surface area contributed by atoms with Gasteiger partial charge in [0.05, 0.1) is 11.0 Å². The highest BCUT2D eigenvalue weighted by molar-refractivity contribution is 5.94. The van der Waals surface area contributed by atoms with Gasteiger partial charge in [0, 0.05) is 6.04 Å². The minimum absolute atomic E-state index is 0.0880. The second-order valence-electron chi connectivity index (χ2n) is 5.44. The van der Waals surface area contributed by atoms with Gasteiger partial charge in [-0.2, -0.15) is 0 Å². The number of imidazole rings is 1. The fourth-order valence-electron chi connectivity index (χ4n) is 2.83. The zero-order valence-electron chi connectivity index (χ0n) is 11.1. The van der Waals surface area contributed by atoms with Crippen LogP contribution in [0.4, 0.5) is 0 Å². The highest BCUT2D eigenvalue weighted by Crippen LogP contribution is 2.24. The lowest BCUT2D eigenvalue weighted by molar-refractivity contribution is 0.0901. The number of carbonyl (C=O) groups excluding carboxylic acids is 1. The van der Waals surface area contributed by atoms with Gasteiger partial charge >= 0.3 is 0 Å². The summed E-state index contributed by atoms with van der Waals surface area (Å²) in [4.78, 5) is 19.6. The number of amides is 1. The van der Waals surface area contributed by atoms with Crippen molar-refractivity contribution in [1.82, 2.24) is 15.3 Å². The summed E-state index contributed by atoms with van der Waals surface area (Å²) in [6.45, 7) is 2.21. The van der Waals surface area contributed by atoms with Crippen molar-refractivity contribution in [3.8, 4) is 0 Å². The SMILES string of the molecule is C[C@H]1CCCC[C@@H]1NC(=O)c1nc2ccccc2[nH]1. The number of aromatic amines is 1. The number of hydrogen-bond acceptors (Lipinski definition) is 2. The van der Waals surface area contributed by atoms with Crippen LogP contribution in [0.5, 0.6) is 0 Å². The van der Waals surface area contributed by atoms with E-state index in [-0.39, 0.29) is 11.9 Å². The van der Waals surface area contributed by atoms with E-state index in [9.17, 15) is 4.79 Å². The van der Waals surface area contributed by atoms with E-state index in [2.05, 4.69) is 22.2 Å². The zero-order chi connectivity index (χ0) is 13.2. The Bertz CT molecular complexity index is 557. The maximum Gasteiger partial charge on any atom is 0.287 e. The Morgan fingerprint density at radius 1 is 1.32 bits per heavy atom. The molecule has 2 aromatic rings. The second kappa shape index (κ2) is 5.03. The van der Waals surface area contributed by atoms with Crippen molar-refractivity contribution in [2.45, 2.75) is 38.6 Å². The number of para-hydroxylation sites is 2. The average molecular weight is 257 g/mol. The Balaban J connectivity index is 1.76. The number of nitrogens with one attached hydrogen (secondary N) is 2. The summed E-state index contributed by atoms with van der Waals surface area (Å²) in [6.07, 6.45) is 4.76. The molecule has 2 atom stereocenters. The molecule has 1 aliphatic carbocycles. The third-order valence-corrected chi connectivity index (χ3v) is 4.03. The Morgan fingerprint density at radius 3 is 2.89 bits per heavy atom. The molecule has 0 radical (unpaired) electrons. The van der Waals surface area contributed by atoms with E-state index in [4.69, 9.17) is 0 Å². The lowest BCUT2D eigenvalue weighted by Crippen LogP contribution is -2.41. The molecule has 0 spiro atoms. The van der Waals surface area contributed by atoms with Crippen LogP contribution in [-0.4, -0.2) is 21.9 Å². The Morgan fingerprint density at radius 2 is 2.11 bits per heavy atom. The molecule has 0 bridgehead atoms. The molecular formula is C15H19N3O. The van der Waals surface area contributed by atoms with Gasteiger partial charge in [0.2, 0.25) is 0 Å². The van der Waals surface area contributed by atoms with E-state index in [1.807, 2.05) is 24.3 Å². The largest absolute Gasteiger partial charge is 0.346 e. The second-order valence-corrected chi connectivity index (χ2v) is 5.44. The number of nitrogens with zero attached hydrogens (tertiary/aromatic N) is 1. The summed E-state index contributed by atoms with van der Waals surface area (Å²) in [7, 11) is 0. The Labute approximate surface area is 112 Å². The number of rotatable bonds is 2. The van der Waals surface area contributed by atoms with E-state index >= 15 is 0 Å².